The molecule has 2 atom stereocenters. The molecule has 1 N–H and O–H groups in total. The van der Waals surface area contributed by atoms with E-state index in [0.29, 0.717) is 17.4 Å². The fourth-order valence-corrected chi connectivity index (χ4v) is 3.40. The zero-order chi connectivity index (χ0) is 19.4. The van der Waals surface area contributed by atoms with Crippen molar-refractivity contribution < 1.29 is 14.5 Å². The maximum Gasteiger partial charge on any atom is 0.269 e. The summed E-state index contributed by atoms with van der Waals surface area (Å²) in [5.41, 5.74) is 1.36. The smallest absolute Gasteiger partial charge is 0.269 e. The third-order valence-corrected chi connectivity index (χ3v) is 4.74. The van der Waals surface area contributed by atoms with Gasteiger partial charge in [-0.3, -0.25) is 14.9 Å². The first-order valence-electron chi connectivity index (χ1n) is 9.15. The Hall–Kier alpha value is -2.74. The van der Waals surface area contributed by atoms with Gasteiger partial charge in [-0.15, -0.1) is 0 Å². The molecule has 2 aromatic rings. The van der Waals surface area contributed by atoms with E-state index in [-0.39, 0.29) is 24.3 Å². The van der Waals surface area contributed by atoms with Crippen molar-refractivity contribution in [3.05, 3.63) is 46.1 Å². The number of nitro groups is 1. The number of aryl methyl sites for hydroxylation is 1. The van der Waals surface area contributed by atoms with Crippen LogP contribution in [0.15, 0.2) is 30.3 Å². The molecule has 3 rings (SSSR count). The van der Waals surface area contributed by atoms with Crippen molar-refractivity contribution >= 4 is 17.4 Å². The van der Waals surface area contributed by atoms with Crippen LogP contribution in [-0.2, 0) is 9.53 Å². The molecule has 0 radical (unpaired) electrons. The summed E-state index contributed by atoms with van der Waals surface area (Å²) in [6.45, 7) is 4.03. The van der Waals surface area contributed by atoms with Gasteiger partial charge in [0.25, 0.3) is 11.6 Å². The Morgan fingerprint density at radius 1 is 1.37 bits per heavy atom. The van der Waals surface area contributed by atoms with Gasteiger partial charge in [0.2, 0.25) is 0 Å². The van der Waals surface area contributed by atoms with Crippen molar-refractivity contribution in [2.45, 2.75) is 45.6 Å². The highest BCUT2D eigenvalue weighted by Crippen LogP contribution is 2.25. The normalized spacial score (nSPS) is 19.6. The molecule has 0 aliphatic heterocycles. The largest absolute Gasteiger partial charge is 0.368 e. The number of non-ortho nitro benzene ring substituents is 1. The van der Waals surface area contributed by atoms with Crippen LogP contribution in [0.25, 0.3) is 5.69 Å². The summed E-state index contributed by atoms with van der Waals surface area (Å²) in [6, 6.07) is 7.76. The number of aromatic nitrogens is 2. The third-order valence-electron chi connectivity index (χ3n) is 4.74. The molecule has 1 aromatic carbocycles. The van der Waals surface area contributed by atoms with Crippen LogP contribution in [-0.4, -0.2) is 33.3 Å². The first-order valence-corrected chi connectivity index (χ1v) is 9.15. The highest BCUT2D eigenvalue weighted by atomic mass is 16.6. The standard InChI is InChI=1S/C19H24N4O4/c1-13-4-3-5-17(10-13)27-12-19(24)20-18-11-14(2)21-22(18)15-6-8-16(9-7-15)23(25)26/h6-9,11,13,17H,3-5,10,12H2,1-2H3,(H,20,24). The first kappa shape index (κ1) is 19.0. The van der Waals surface area contributed by atoms with Gasteiger partial charge in [0.05, 0.1) is 22.4 Å². The number of nitrogens with one attached hydrogen (secondary N) is 1. The summed E-state index contributed by atoms with van der Waals surface area (Å²) in [4.78, 5) is 22.7. The minimum atomic E-state index is -0.454. The average molecular weight is 372 g/mol. The van der Waals surface area contributed by atoms with Crippen LogP contribution in [0.3, 0.4) is 0 Å². The molecular weight excluding hydrogens is 348 g/mol. The SMILES string of the molecule is Cc1cc(NC(=O)COC2CCCC(C)C2)n(-c2ccc([N+](=O)[O-])cc2)n1. The lowest BCUT2D eigenvalue weighted by Gasteiger charge is -2.26. The van der Waals surface area contributed by atoms with E-state index in [4.69, 9.17) is 4.74 Å². The van der Waals surface area contributed by atoms with Crippen molar-refractivity contribution in [2.75, 3.05) is 11.9 Å². The maximum absolute atomic E-state index is 12.3. The zero-order valence-corrected chi connectivity index (χ0v) is 15.6. The summed E-state index contributed by atoms with van der Waals surface area (Å²) in [7, 11) is 0. The van der Waals surface area contributed by atoms with E-state index >= 15 is 0 Å². The second kappa shape index (κ2) is 8.30. The topological polar surface area (TPSA) is 99.3 Å². The van der Waals surface area contributed by atoms with Crippen LogP contribution in [0.4, 0.5) is 11.5 Å². The minimum Gasteiger partial charge on any atom is -0.368 e. The van der Waals surface area contributed by atoms with E-state index < -0.39 is 4.92 Å². The first-order chi connectivity index (χ1) is 12.9. The molecule has 2 unspecified atom stereocenters. The summed E-state index contributed by atoms with van der Waals surface area (Å²) in [5, 5.41) is 18.0. The molecule has 1 saturated carbocycles. The van der Waals surface area contributed by atoms with Gasteiger partial charge in [0, 0.05) is 18.2 Å². The molecule has 8 heteroatoms. The Balaban J connectivity index is 1.64. The monoisotopic (exact) mass is 372 g/mol. The molecule has 0 spiro atoms. The second-order valence-corrected chi connectivity index (χ2v) is 7.11. The number of benzene rings is 1. The fourth-order valence-electron chi connectivity index (χ4n) is 3.40. The summed E-state index contributed by atoms with van der Waals surface area (Å²) < 4.78 is 7.32. The van der Waals surface area contributed by atoms with Crippen molar-refractivity contribution in [3.63, 3.8) is 0 Å². The van der Waals surface area contributed by atoms with Crippen LogP contribution in [0.1, 0.15) is 38.3 Å². The Kier molecular flexibility index (Phi) is 5.85. The number of carbonyl (C=O) groups excluding carboxylic acids is 1. The molecule has 1 fully saturated rings. The molecular formula is C19H24N4O4. The molecule has 1 aromatic heterocycles. The zero-order valence-electron chi connectivity index (χ0n) is 15.6. The number of amides is 1. The molecule has 144 valence electrons. The molecule has 1 heterocycles. The number of carbonyl (C=O) groups is 1. The van der Waals surface area contributed by atoms with Crippen LogP contribution in [0.5, 0.6) is 0 Å². The Morgan fingerprint density at radius 3 is 2.78 bits per heavy atom. The molecule has 8 nitrogen and oxygen atoms in total. The lowest BCUT2D eigenvalue weighted by Crippen LogP contribution is -2.27. The fraction of sp³-hybridized carbons (Fsp3) is 0.474. The van der Waals surface area contributed by atoms with Gasteiger partial charge in [-0.05, 0) is 37.8 Å². The predicted octanol–water partition coefficient (Wildman–Crippen LogP) is 3.62. The predicted molar refractivity (Wildman–Crippen MR) is 101 cm³/mol. The quantitative estimate of drug-likeness (QED) is 0.617. The second-order valence-electron chi connectivity index (χ2n) is 7.11. The van der Waals surface area contributed by atoms with Crippen LogP contribution in [0.2, 0.25) is 0 Å². The molecule has 1 amide bonds. The Bertz CT molecular complexity index is 816. The van der Waals surface area contributed by atoms with Gasteiger partial charge in [-0.1, -0.05) is 19.8 Å². The minimum absolute atomic E-state index is 0.00186. The number of rotatable bonds is 6. The highest BCUT2D eigenvalue weighted by molar-refractivity contribution is 5.91. The Morgan fingerprint density at radius 2 is 2.11 bits per heavy atom. The van der Waals surface area contributed by atoms with Crippen LogP contribution in [0, 0.1) is 23.0 Å². The van der Waals surface area contributed by atoms with E-state index in [2.05, 4.69) is 17.3 Å². The highest BCUT2D eigenvalue weighted by Gasteiger charge is 2.20. The average Bonchev–Trinajstić information content (AvgIpc) is 3.00. The lowest BCUT2D eigenvalue weighted by atomic mass is 9.89. The molecule has 27 heavy (non-hydrogen) atoms. The van der Waals surface area contributed by atoms with Crippen molar-refractivity contribution in [2.24, 2.45) is 5.92 Å². The van der Waals surface area contributed by atoms with Crippen LogP contribution >= 0.6 is 0 Å². The number of ether oxygens (including phenoxy) is 1. The van der Waals surface area contributed by atoms with Gasteiger partial charge < -0.3 is 10.1 Å². The molecule has 0 saturated heterocycles. The van der Waals surface area contributed by atoms with E-state index in [0.717, 1.165) is 25.0 Å². The molecule has 1 aliphatic rings. The van der Waals surface area contributed by atoms with Gasteiger partial charge in [-0.2, -0.15) is 5.10 Å². The van der Waals surface area contributed by atoms with Gasteiger partial charge in [0.1, 0.15) is 12.4 Å². The maximum atomic E-state index is 12.3. The van der Waals surface area contributed by atoms with E-state index in [1.54, 1.807) is 22.9 Å². The van der Waals surface area contributed by atoms with E-state index in [1.165, 1.54) is 18.6 Å². The molecule has 0 bridgehead atoms. The summed E-state index contributed by atoms with van der Waals surface area (Å²) in [6.07, 6.45) is 4.49. The lowest BCUT2D eigenvalue weighted by molar-refractivity contribution is -0.384. The van der Waals surface area contributed by atoms with Gasteiger partial charge >= 0.3 is 0 Å². The summed E-state index contributed by atoms with van der Waals surface area (Å²) in [5.74, 6) is 0.904. The number of anilines is 1. The Labute approximate surface area is 157 Å². The molecule has 1 aliphatic carbocycles. The van der Waals surface area contributed by atoms with E-state index in [1.807, 2.05) is 6.92 Å². The summed E-state index contributed by atoms with van der Waals surface area (Å²) >= 11 is 0. The van der Waals surface area contributed by atoms with Crippen LogP contribution < -0.4 is 5.32 Å². The van der Waals surface area contributed by atoms with Crippen molar-refractivity contribution in [1.82, 2.24) is 9.78 Å². The number of nitrogens with zero attached hydrogens (tertiary/aromatic N) is 3. The van der Waals surface area contributed by atoms with Crippen molar-refractivity contribution in [1.29, 1.82) is 0 Å². The number of hydrogen-bond acceptors (Lipinski definition) is 5. The number of hydrogen-bond donors (Lipinski definition) is 1. The van der Waals surface area contributed by atoms with Crippen molar-refractivity contribution in [3.8, 4) is 5.69 Å². The van der Waals surface area contributed by atoms with Gasteiger partial charge in [0.15, 0.2) is 0 Å². The van der Waals surface area contributed by atoms with Gasteiger partial charge in [-0.25, -0.2) is 4.68 Å². The van der Waals surface area contributed by atoms with E-state index in [9.17, 15) is 14.9 Å². The third kappa shape index (κ3) is 4.91. The number of nitro benzene ring substituents is 1.